The minimum Gasteiger partial charge on any atom is -0.345 e. The van der Waals surface area contributed by atoms with Gasteiger partial charge in [-0.15, -0.1) is 0 Å². The average Bonchev–Trinajstić information content (AvgIpc) is 3.26. The van der Waals surface area contributed by atoms with Gasteiger partial charge in [-0.2, -0.15) is 0 Å². The van der Waals surface area contributed by atoms with Crippen molar-refractivity contribution >= 4 is 11.4 Å². The van der Waals surface area contributed by atoms with Crippen molar-refractivity contribution in [3.63, 3.8) is 0 Å². The van der Waals surface area contributed by atoms with Crippen LogP contribution in [0.2, 0.25) is 0 Å². The van der Waals surface area contributed by atoms with Crippen molar-refractivity contribution in [1.82, 2.24) is 0 Å². The highest BCUT2D eigenvalue weighted by atomic mass is 15.1. The summed E-state index contributed by atoms with van der Waals surface area (Å²) in [6.07, 6.45) is 5.25. The molecule has 0 bridgehead atoms. The van der Waals surface area contributed by atoms with Crippen LogP contribution in [-0.4, -0.2) is 7.05 Å². The van der Waals surface area contributed by atoms with Crippen molar-refractivity contribution in [3.8, 4) is 11.1 Å². The molecule has 1 nitrogen and oxygen atoms in total. The van der Waals surface area contributed by atoms with Crippen molar-refractivity contribution in [2.45, 2.75) is 44.9 Å². The topological polar surface area (TPSA) is 3.24 Å². The van der Waals surface area contributed by atoms with Crippen LogP contribution in [0.1, 0.15) is 47.9 Å². The summed E-state index contributed by atoms with van der Waals surface area (Å²) in [5, 5.41) is 0. The molecule has 0 saturated heterocycles. The van der Waals surface area contributed by atoms with Gasteiger partial charge in [0.05, 0.1) is 0 Å². The average molecular weight is 354 g/mol. The van der Waals surface area contributed by atoms with E-state index in [9.17, 15) is 0 Å². The Kier molecular flexibility index (Phi) is 3.69. The van der Waals surface area contributed by atoms with E-state index in [1.165, 1.54) is 59.3 Å². The summed E-state index contributed by atoms with van der Waals surface area (Å²) in [5.74, 6) is 0. The highest BCUT2D eigenvalue weighted by Crippen LogP contribution is 2.57. The minimum atomic E-state index is 0.241. The summed E-state index contributed by atoms with van der Waals surface area (Å²) < 4.78 is 0. The molecule has 3 aromatic carbocycles. The van der Waals surface area contributed by atoms with Crippen LogP contribution in [0.3, 0.4) is 0 Å². The molecule has 0 heterocycles. The zero-order valence-electron chi connectivity index (χ0n) is 16.5. The Morgan fingerprint density at radius 1 is 0.704 bits per heavy atom. The van der Waals surface area contributed by atoms with Crippen LogP contribution < -0.4 is 4.90 Å². The number of nitrogens with zero attached hydrogens (tertiary/aromatic N) is 1. The van der Waals surface area contributed by atoms with Gasteiger partial charge in [-0.3, -0.25) is 0 Å². The number of fused-ring (bicyclic) bond motifs is 5. The molecule has 2 aliphatic rings. The second kappa shape index (κ2) is 5.99. The molecule has 1 spiro atoms. The van der Waals surface area contributed by atoms with E-state index >= 15 is 0 Å². The SMILES string of the molecule is Cc1cc(C)cc(N(C)c2ccc3c(c2)C2(CCCC2)c2ccccc2-3)c1. The highest BCUT2D eigenvalue weighted by molar-refractivity contribution is 5.83. The summed E-state index contributed by atoms with van der Waals surface area (Å²) in [7, 11) is 2.19. The summed E-state index contributed by atoms with van der Waals surface area (Å²) in [5.41, 5.74) is 11.4. The van der Waals surface area contributed by atoms with E-state index in [0.29, 0.717) is 0 Å². The van der Waals surface area contributed by atoms with Gasteiger partial charge in [0.15, 0.2) is 0 Å². The van der Waals surface area contributed by atoms with Crippen LogP contribution in [0, 0.1) is 13.8 Å². The second-order valence-electron chi connectivity index (χ2n) is 8.47. The maximum Gasteiger partial charge on any atom is 0.0413 e. The molecule has 0 N–H and O–H groups in total. The van der Waals surface area contributed by atoms with E-state index in [1.807, 2.05) is 0 Å². The Hall–Kier alpha value is -2.54. The lowest BCUT2D eigenvalue weighted by molar-refractivity contribution is 0.550. The first-order valence-corrected chi connectivity index (χ1v) is 10.1. The third kappa shape index (κ3) is 2.45. The van der Waals surface area contributed by atoms with Crippen molar-refractivity contribution in [3.05, 3.63) is 82.9 Å². The normalized spacial score (nSPS) is 16.4. The number of aryl methyl sites for hydroxylation is 2. The largest absolute Gasteiger partial charge is 0.345 e. The number of anilines is 2. The molecule has 1 heteroatoms. The van der Waals surface area contributed by atoms with E-state index in [-0.39, 0.29) is 5.41 Å². The predicted octanol–water partition coefficient (Wildman–Crippen LogP) is 6.91. The summed E-state index contributed by atoms with van der Waals surface area (Å²) in [6, 6.07) is 23.0. The molecular weight excluding hydrogens is 326 g/mol. The molecule has 136 valence electrons. The Morgan fingerprint density at radius 2 is 1.37 bits per heavy atom. The predicted molar refractivity (Wildman–Crippen MR) is 115 cm³/mol. The van der Waals surface area contributed by atoms with Gasteiger partial charge < -0.3 is 4.90 Å². The van der Waals surface area contributed by atoms with Crippen molar-refractivity contribution in [2.24, 2.45) is 0 Å². The summed E-state index contributed by atoms with van der Waals surface area (Å²) in [6.45, 7) is 4.36. The smallest absolute Gasteiger partial charge is 0.0413 e. The molecule has 0 unspecified atom stereocenters. The number of hydrogen-bond donors (Lipinski definition) is 0. The molecule has 3 aromatic rings. The van der Waals surface area contributed by atoms with E-state index in [0.717, 1.165) is 0 Å². The highest BCUT2D eigenvalue weighted by Gasteiger charge is 2.44. The van der Waals surface area contributed by atoms with E-state index in [2.05, 4.69) is 86.5 Å². The fraction of sp³-hybridized carbons (Fsp3) is 0.308. The molecule has 27 heavy (non-hydrogen) atoms. The molecule has 2 aliphatic carbocycles. The molecule has 0 amide bonds. The lowest BCUT2D eigenvalue weighted by atomic mass is 9.76. The Balaban J connectivity index is 1.64. The van der Waals surface area contributed by atoms with Crippen LogP contribution in [0.15, 0.2) is 60.7 Å². The first-order valence-electron chi connectivity index (χ1n) is 10.1. The van der Waals surface area contributed by atoms with Gasteiger partial charge in [0.25, 0.3) is 0 Å². The first kappa shape index (κ1) is 16.6. The van der Waals surface area contributed by atoms with Gasteiger partial charge in [0.1, 0.15) is 0 Å². The maximum absolute atomic E-state index is 2.47. The van der Waals surface area contributed by atoms with Crippen molar-refractivity contribution in [2.75, 3.05) is 11.9 Å². The third-order valence-corrected chi connectivity index (χ3v) is 6.69. The molecule has 5 rings (SSSR count). The molecular formula is C26H27N. The Labute approximate surface area is 162 Å². The van der Waals surface area contributed by atoms with Gasteiger partial charge in [-0.25, -0.2) is 0 Å². The van der Waals surface area contributed by atoms with Gasteiger partial charge in [-0.05, 0) is 84.3 Å². The van der Waals surface area contributed by atoms with Crippen LogP contribution >= 0.6 is 0 Å². The number of rotatable bonds is 2. The van der Waals surface area contributed by atoms with Crippen molar-refractivity contribution < 1.29 is 0 Å². The monoisotopic (exact) mass is 353 g/mol. The van der Waals surface area contributed by atoms with Crippen molar-refractivity contribution in [1.29, 1.82) is 0 Å². The van der Waals surface area contributed by atoms with Gasteiger partial charge in [0, 0.05) is 23.8 Å². The molecule has 1 fully saturated rings. The molecule has 0 aromatic heterocycles. The van der Waals surface area contributed by atoms with Gasteiger partial charge in [0.2, 0.25) is 0 Å². The zero-order chi connectivity index (χ0) is 18.6. The zero-order valence-corrected chi connectivity index (χ0v) is 16.5. The quantitative estimate of drug-likeness (QED) is 0.484. The van der Waals surface area contributed by atoms with E-state index < -0.39 is 0 Å². The van der Waals surface area contributed by atoms with Crippen LogP contribution in [0.4, 0.5) is 11.4 Å². The fourth-order valence-electron chi connectivity index (χ4n) is 5.46. The van der Waals surface area contributed by atoms with Crippen LogP contribution in [-0.2, 0) is 5.41 Å². The van der Waals surface area contributed by atoms with E-state index in [4.69, 9.17) is 0 Å². The molecule has 0 atom stereocenters. The minimum absolute atomic E-state index is 0.241. The Bertz CT molecular complexity index is 1000. The lowest BCUT2D eigenvalue weighted by Gasteiger charge is -2.28. The molecule has 0 radical (unpaired) electrons. The third-order valence-electron chi connectivity index (χ3n) is 6.69. The van der Waals surface area contributed by atoms with E-state index in [1.54, 1.807) is 11.1 Å². The fourth-order valence-corrected chi connectivity index (χ4v) is 5.46. The standard InChI is InChI=1S/C26H27N/c1-18-14-19(2)16-21(15-18)27(3)20-10-11-23-22-8-4-5-9-24(22)26(25(23)17-20)12-6-7-13-26/h4-5,8-11,14-17H,6-7,12-13H2,1-3H3. The number of hydrogen-bond acceptors (Lipinski definition) is 1. The first-order chi connectivity index (χ1) is 13.1. The molecule has 0 aliphatic heterocycles. The summed E-state index contributed by atoms with van der Waals surface area (Å²) in [4.78, 5) is 2.34. The van der Waals surface area contributed by atoms with Crippen LogP contribution in [0.25, 0.3) is 11.1 Å². The second-order valence-corrected chi connectivity index (χ2v) is 8.47. The van der Waals surface area contributed by atoms with Gasteiger partial charge >= 0.3 is 0 Å². The summed E-state index contributed by atoms with van der Waals surface area (Å²) >= 11 is 0. The van der Waals surface area contributed by atoms with Crippen LogP contribution in [0.5, 0.6) is 0 Å². The number of benzene rings is 3. The maximum atomic E-state index is 2.47. The van der Waals surface area contributed by atoms with Gasteiger partial charge in [-0.1, -0.05) is 49.2 Å². The lowest BCUT2D eigenvalue weighted by Crippen LogP contribution is -2.21. The molecule has 1 saturated carbocycles. The Morgan fingerprint density at radius 3 is 2.11 bits per heavy atom.